The van der Waals surface area contributed by atoms with E-state index in [0.717, 1.165) is 50.6 Å². The van der Waals surface area contributed by atoms with Crippen molar-refractivity contribution in [2.45, 2.75) is 38.4 Å². The van der Waals surface area contributed by atoms with Crippen LogP contribution in [0.15, 0.2) is 35.1 Å². The Balaban J connectivity index is 1.73. The summed E-state index contributed by atoms with van der Waals surface area (Å²) in [5, 5.41) is 2.67. The van der Waals surface area contributed by atoms with E-state index < -0.39 is 29.2 Å². The average molecular weight is 394 g/mol. The molecule has 150 valence electrons. The van der Waals surface area contributed by atoms with Crippen LogP contribution in [0.5, 0.6) is 0 Å². The zero-order chi connectivity index (χ0) is 20.3. The summed E-state index contributed by atoms with van der Waals surface area (Å²) in [6.45, 7) is 3.17. The number of nitrogens with one attached hydrogen (secondary N) is 2. The van der Waals surface area contributed by atoms with Crippen molar-refractivity contribution in [3.8, 4) is 0 Å². The smallest absolute Gasteiger partial charge is 0.344 e. The third kappa shape index (κ3) is 4.71. The molecule has 1 fully saturated rings. The van der Waals surface area contributed by atoms with E-state index in [9.17, 15) is 22.8 Å². The predicted molar refractivity (Wildman–Crippen MR) is 98.2 cm³/mol. The molecule has 28 heavy (non-hydrogen) atoms. The lowest BCUT2D eigenvalue weighted by Gasteiger charge is -2.27. The van der Waals surface area contributed by atoms with Gasteiger partial charge in [-0.15, -0.1) is 0 Å². The molecule has 1 amide bonds. The molecule has 6 nitrogen and oxygen atoms in total. The van der Waals surface area contributed by atoms with Gasteiger partial charge in [0.15, 0.2) is 0 Å². The van der Waals surface area contributed by atoms with Crippen LogP contribution < -0.4 is 15.8 Å². The van der Waals surface area contributed by atoms with Crippen LogP contribution in [-0.2, 0) is 6.18 Å². The van der Waals surface area contributed by atoms with Gasteiger partial charge in [0.2, 0.25) is 5.95 Å². The molecule has 0 aliphatic carbocycles. The Kier molecular flexibility index (Phi) is 5.71. The van der Waals surface area contributed by atoms with Crippen LogP contribution in [0.4, 0.5) is 19.1 Å². The molecule has 3 rings (SSSR count). The Morgan fingerprint density at radius 1 is 1.18 bits per heavy atom. The van der Waals surface area contributed by atoms with Crippen LogP contribution in [0.2, 0.25) is 0 Å². The maximum absolute atomic E-state index is 12.7. The van der Waals surface area contributed by atoms with Gasteiger partial charge in [0, 0.05) is 19.2 Å². The Morgan fingerprint density at radius 3 is 2.43 bits per heavy atom. The standard InChI is InChI=1S/C19H21F3N4O2/c1-12(13-5-7-14(8-6-13)19(20,21)22)23-17(28)15-11-16(27)25-18(24-15)26-9-3-2-4-10-26/h5-8,11-12H,2-4,9-10H2,1H3,(H,23,28)(H,24,25,27)/t12-/m1/s1. The van der Waals surface area contributed by atoms with Gasteiger partial charge in [0.1, 0.15) is 5.69 Å². The highest BCUT2D eigenvalue weighted by atomic mass is 19.4. The zero-order valence-electron chi connectivity index (χ0n) is 15.3. The van der Waals surface area contributed by atoms with Gasteiger partial charge in [0.25, 0.3) is 11.5 Å². The van der Waals surface area contributed by atoms with E-state index in [0.29, 0.717) is 11.5 Å². The summed E-state index contributed by atoms with van der Waals surface area (Å²) in [6, 6.07) is 5.14. The Morgan fingerprint density at radius 2 is 1.82 bits per heavy atom. The Bertz CT molecular complexity index is 887. The number of anilines is 1. The highest BCUT2D eigenvalue weighted by molar-refractivity contribution is 5.92. The summed E-state index contributed by atoms with van der Waals surface area (Å²) >= 11 is 0. The average Bonchev–Trinajstić information content (AvgIpc) is 2.67. The molecule has 1 aliphatic rings. The number of hydrogen-bond acceptors (Lipinski definition) is 4. The summed E-state index contributed by atoms with van der Waals surface area (Å²) in [7, 11) is 0. The molecule has 1 aromatic heterocycles. The molecule has 1 atom stereocenters. The maximum Gasteiger partial charge on any atom is 0.416 e. The molecular weight excluding hydrogens is 373 g/mol. The molecule has 9 heteroatoms. The van der Waals surface area contributed by atoms with Crippen LogP contribution in [0.3, 0.4) is 0 Å². The molecule has 0 unspecified atom stereocenters. The summed E-state index contributed by atoms with van der Waals surface area (Å²) in [5.41, 5.74) is -0.689. The normalized spacial score (nSPS) is 15.9. The fourth-order valence-electron chi connectivity index (χ4n) is 3.13. The Hall–Kier alpha value is -2.84. The monoisotopic (exact) mass is 394 g/mol. The van der Waals surface area contributed by atoms with Crippen LogP contribution in [0.1, 0.15) is 53.8 Å². The van der Waals surface area contributed by atoms with Gasteiger partial charge in [-0.25, -0.2) is 4.98 Å². The van der Waals surface area contributed by atoms with Crippen molar-refractivity contribution in [3.05, 3.63) is 57.5 Å². The fraction of sp³-hybridized carbons (Fsp3) is 0.421. The van der Waals surface area contributed by atoms with Crippen molar-refractivity contribution in [2.75, 3.05) is 18.0 Å². The third-order valence-electron chi connectivity index (χ3n) is 4.70. The summed E-state index contributed by atoms with van der Waals surface area (Å²) in [5.74, 6) is -0.198. The van der Waals surface area contributed by atoms with Crippen molar-refractivity contribution in [2.24, 2.45) is 0 Å². The predicted octanol–water partition coefficient (Wildman–Crippen LogP) is 3.27. The second kappa shape index (κ2) is 8.04. The number of rotatable bonds is 4. The van der Waals surface area contributed by atoms with Gasteiger partial charge < -0.3 is 10.2 Å². The molecule has 0 spiro atoms. The molecule has 1 saturated heterocycles. The minimum Gasteiger partial charge on any atom is -0.344 e. The van der Waals surface area contributed by atoms with Gasteiger partial charge >= 0.3 is 6.18 Å². The first-order valence-electron chi connectivity index (χ1n) is 9.08. The second-order valence-corrected chi connectivity index (χ2v) is 6.82. The minimum atomic E-state index is -4.41. The first-order chi connectivity index (χ1) is 13.2. The van der Waals surface area contributed by atoms with Crippen molar-refractivity contribution in [1.82, 2.24) is 15.3 Å². The summed E-state index contributed by atoms with van der Waals surface area (Å²) in [4.78, 5) is 33.3. The number of nitrogens with zero attached hydrogens (tertiary/aromatic N) is 2. The van der Waals surface area contributed by atoms with Crippen molar-refractivity contribution < 1.29 is 18.0 Å². The SMILES string of the molecule is C[C@@H](NC(=O)c1cc(=O)[nH]c(N2CCCCC2)n1)c1ccc(C(F)(F)F)cc1. The lowest BCUT2D eigenvalue weighted by Crippen LogP contribution is -2.34. The molecule has 1 aliphatic heterocycles. The molecule has 2 aromatic rings. The largest absolute Gasteiger partial charge is 0.416 e. The molecule has 2 heterocycles. The highest BCUT2D eigenvalue weighted by Crippen LogP contribution is 2.29. The summed E-state index contributed by atoms with van der Waals surface area (Å²) < 4.78 is 38.0. The molecule has 0 saturated carbocycles. The lowest BCUT2D eigenvalue weighted by atomic mass is 10.1. The maximum atomic E-state index is 12.7. The third-order valence-corrected chi connectivity index (χ3v) is 4.70. The molecule has 1 aromatic carbocycles. The van der Waals surface area contributed by atoms with Gasteiger partial charge in [-0.05, 0) is 43.9 Å². The lowest BCUT2D eigenvalue weighted by molar-refractivity contribution is -0.137. The van der Waals surface area contributed by atoms with E-state index in [1.54, 1.807) is 6.92 Å². The second-order valence-electron chi connectivity index (χ2n) is 6.82. The first kappa shape index (κ1) is 19.9. The van der Waals surface area contributed by atoms with E-state index in [2.05, 4.69) is 15.3 Å². The fourth-order valence-corrected chi connectivity index (χ4v) is 3.13. The van der Waals surface area contributed by atoms with Crippen molar-refractivity contribution in [1.29, 1.82) is 0 Å². The number of carbonyl (C=O) groups is 1. The highest BCUT2D eigenvalue weighted by Gasteiger charge is 2.30. The first-order valence-corrected chi connectivity index (χ1v) is 9.08. The number of carbonyl (C=O) groups excluding carboxylic acids is 1. The van der Waals surface area contributed by atoms with E-state index in [1.165, 1.54) is 12.1 Å². The van der Waals surface area contributed by atoms with Crippen LogP contribution in [0.25, 0.3) is 0 Å². The number of hydrogen-bond donors (Lipinski definition) is 2. The molecule has 0 bridgehead atoms. The topological polar surface area (TPSA) is 78.1 Å². The van der Waals surface area contributed by atoms with E-state index in [1.807, 2.05) is 4.90 Å². The number of aromatic nitrogens is 2. The van der Waals surface area contributed by atoms with Gasteiger partial charge in [0.05, 0.1) is 11.6 Å². The van der Waals surface area contributed by atoms with Gasteiger partial charge in [-0.3, -0.25) is 14.6 Å². The molecule has 2 N–H and O–H groups in total. The van der Waals surface area contributed by atoms with Crippen LogP contribution in [0, 0.1) is 0 Å². The number of alkyl halides is 3. The van der Waals surface area contributed by atoms with Crippen LogP contribution in [-0.4, -0.2) is 29.0 Å². The van der Waals surface area contributed by atoms with E-state index in [-0.39, 0.29) is 5.69 Å². The minimum absolute atomic E-state index is 0.0249. The number of aromatic amines is 1. The summed E-state index contributed by atoms with van der Waals surface area (Å²) in [6.07, 6.45) is -1.31. The zero-order valence-corrected chi connectivity index (χ0v) is 15.3. The number of amides is 1. The molecule has 0 radical (unpaired) electrons. The molecular formula is C19H21F3N4O2. The van der Waals surface area contributed by atoms with E-state index in [4.69, 9.17) is 0 Å². The van der Waals surface area contributed by atoms with Crippen LogP contribution >= 0.6 is 0 Å². The number of piperidine rings is 1. The number of H-pyrrole nitrogens is 1. The van der Waals surface area contributed by atoms with Gasteiger partial charge in [-0.1, -0.05) is 12.1 Å². The number of benzene rings is 1. The van der Waals surface area contributed by atoms with E-state index >= 15 is 0 Å². The van der Waals surface area contributed by atoms with Gasteiger partial charge in [-0.2, -0.15) is 13.2 Å². The van der Waals surface area contributed by atoms with Crippen molar-refractivity contribution in [3.63, 3.8) is 0 Å². The quantitative estimate of drug-likeness (QED) is 0.834. The van der Waals surface area contributed by atoms with Crippen molar-refractivity contribution >= 4 is 11.9 Å². The number of halogens is 3. The Labute approximate surface area is 159 Å².